The number of carboxylic acids is 3. The summed E-state index contributed by atoms with van der Waals surface area (Å²) in [5, 5.41) is 31.5. The van der Waals surface area contributed by atoms with Gasteiger partial charge in [0.1, 0.15) is 11.8 Å². The van der Waals surface area contributed by atoms with E-state index >= 15 is 0 Å². The minimum absolute atomic E-state index is 0.221. The molecule has 2 N–H and O–H groups in total. The third-order valence-electron chi connectivity index (χ3n) is 9.49. The Balaban J connectivity index is 4.52. The Hall–Kier alpha value is -1.89. The van der Waals surface area contributed by atoms with Crippen LogP contribution in [0.3, 0.4) is 0 Å². The first-order valence-electron chi connectivity index (χ1n) is 18.3. The van der Waals surface area contributed by atoms with Crippen molar-refractivity contribution in [1.82, 2.24) is 0 Å². The second kappa shape index (κ2) is 27.4. The minimum Gasteiger partial charge on any atom is -0.550 e. The molecule has 7 nitrogen and oxygen atoms in total. The number of quaternary nitrogens is 1. The van der Waals surface area contributed by atoms with Crippen molar-refractivity contribution in [1.29, 1.82) is 0 Å². The van der Waals surface area contributed by atoms with Gasteiger partial charge in [-0.1, -0.05) is 123 Å². The number of carboxylic acid groups (broad SMARTS) is 3. The molecular formula is C37H69NO6. The van der Waals surface area contributed by atoms with E-state index in [0.717, 1.165) is 25.7 Å². The summed E-state index contributed by atoms with van der Waals surface area (Å²) in [5.74, 6) is -4.94. The van der Waals surface area contributed by atoms with Gasteiger partial charge in [-0.3, -0.25) is 9.59 Å². The Morgan fingerprint density at radius 3 is 1.20 bits per heavy atom. The predicted molar refractivity (Wildman–Crippen MR) is 179 cm³/mol. The first kappa shape index (κ1) is 42.1. The lowest BCUT2D eigenvalue weighted by Crippen LogP contribution is -2.59. The Morgan fingerprint density at radius 1 is 0.545 bits per heavy atom. The van der Waals surface area contributed by atoms with Gasteiger partial charge in [0.05, 0.1) is 32.1 Å². The number of rotatable bonds is 32. The molecule has 0 heterocycles. The van der Waals surface area contributed by atoms with Crippen molar-refractivity contribution >= 4 is 17.9 Å². The minimum atomic E-state index is -1.14. The number of aliphatic carboxylic acids is 3. The Kier molecular flexibility index (Phi) is 26.2. The SMILES string of the molecule is CC/C=C/CCCCCCCCCCCCCCCCCC[N+](CC(CC)C(=O)[O-])(CC(CC)C(=O)O)CC(CC)C(=O)O. The summed E-state index contributed by atoms with van der Waals surface area (Å²) in [4.78, 5) is 35.9. The van der Waals surface area contributed by atoms with Crippen molar-refractivity contribution in [2.75, 3.05) is 26.2 Å². The van der Waals surface area contributed by atoms with Crippen molar-refractivity contribution in [3.8, 4) is 0 Å². The van der Waals surface area contributed by atoms with Crippen molar-refractivity contribution < 1.29 is 34.2 Å². The monoisotopic (exact) mass is 624 g/mol. The highest BCUT2D eigenvalue weighted by atomic mass is 16.4. The fourth-order valence-electron chi connectivity index (χ4n) is 6.50. The van der Waals surface area contributed by atoms with Crippen LogP contribution in [0.15, 0.2) is 12.2 Å². The van der Waals surface area contributed by atoms with Crippen molar-refractivity contribution in [2.45, 2.75) is 163 Å². The average Bonchev–Trinajstić information content (AvgIpc) is 2.99. The zero-order valence-corrected chi connectivity index (χ0v) is 29.0. The van der Waals surface area contributed by atoms with Crippen LogP contribution in [0.4, 0.5) is 0 Å². The smallest absolute Gasteiger partial charge is 0.312 e. The van der Waals surface area contributed by atoms with E-state index in [2.05, 4.69) is 19.1 Å². The maximum absolute atomic E-state index is 12.0. The molecule has 0 saturated carbocycles. The molecule has 258 valence electrons. The zero-order valence-electron chi connectivity index (χ0n) is 29.0. The standard InChI is InChI=1S/C37H69NO6/c1-5-9-10-11-12-13-14-15-16-17-18-19-20-21-22-23-24-25-26-27-28-38(29-32(6-2)35(39)40,30-33(7-3)36(41)42)31-34(8-4)37(43)44/h9-10,32-34H,5-8,11-31H2,1-4H3,(H2-,39,40,41,42,43,44)/b10-9+. The van der Waals surface area contributed by atoms with E-state index < -0.39 is 35.7 Å². The Labute approximate surface area is 270 Å². The van der Waals surface area contributed by atoms with Crippen LogP contribution < -0.4 is 5.11 Å². The Morgan fingerprint density at radius 2 is 0.886 bits per heavy atom. The number of hydrogen-bond donors (Lipinski definition) is 2. The second-order valence-electron chi connectivity index (χ2n) is 13.2. The molecular weight excluding hydrogens is 554 g/mol. The van der Waals surface area contributed by atoms with E-state index in [1.165, 1.54) is 89.9 Å². The van der Waals surface area contributed by atoms with Crippen molar-refractivity contribution in [3.63, 3.8) is 0 Å². The van der Waals surface area contributed by atoms with Crippen LogP contribution in [0, 0.1) is 17.8 Å². The number of unbranched alkanes of at least 4 members (excludes halogenated alkanes) is 16. The van der Waals surface area contributed by atoms with Crippen LogP contribution in [-0.4, -0.2) is 58.8 Å². The number of carbonyl (C=O) groups is 3. The molecule has 0 spiro atoms. The lowest BCUT2D eigenvalue weighted by molar-refractivity contribution is -0.935. The first-order chi connectivity index (χ1) is 21.2. The molecule has 3 atom stereocenters. The molecule has 44 heavy (non-hydrogen) atoms. The molecule has 0 aromatic carbocycles. The molecule has 0 aromatic heterocycles. The fraction of sp³-hybridized carbons (Fsp3) is 0.865. The van der Waals surface area contributed by atoms with Crippen LogP contribution in [0.5, 0.6) is 0 Å². The molecule has 0 aliphatic carbocycles. The van der Waals surface area contributed by atoms with Gasteiger partial charge in [0, 0.05) is 5.92 Å². The summed E-state index contributed by atoms with van der Waals surface area (Å²) in [5.41, 5.74) is 0. The maximum Gasteiger partial charge on any atom is 0.312 e. The molecule has 0 saturated heterocycles. The van der Waals surface area contributed by atoms with E-state index in [1.807, 2.05) is 13.8 Å². The number of hydrogen-bond acceptors (Lipinski definition) is 4. The molecule has 7 heteroatoms. The van der Waals surface area contributed by atoms with Crippen LogP contribution in [0.25, 0.3) is 0 Å². The van der Waals surface area contributed by atoms with Gasteiger partial charge in [0.2, 0.25) is 0 Å². The van der Waals surface area contributed by atoms with E-state index in [-0.39, 0.29) is 24.1 Å². The summed E-state index contributed by atoms with van der Waals surface area (Å²) >= 11 is 0. The summed E-state index contributed by atoms with van der Waals surface area (Å²) in [6.45, 7) is 8.99. The van der Waals surface area contributed by atoms with Gasteiger partial charge >= 0.3 is 11.9 Å². The third-order valence-corrected chi connectivity index (χ3v) is 9.49. The van der Waals surface area contributed by atoms with Gasteiger partial charge in [0.15, 0.2) is 0 Å². The average molecular weight is 624 g/mol. The van der Waals surface area contributed by atoms with Gasteiger partial charge in [-0.25, -0.2) is 0 Å². The molecule has 0 radical (unpaired) electrons. The number of carbonyl (C=O) groups excluding carboxylic acids is 1. The van der Waals surface area contributed by atoms with Gasteiger partial charge in [-0.2, -0.15) is 0 Å². The third kappa shape index (κ3) is 21.0. The number of allylic oxidation sites excluding steroid dienone is 2. The van der Waals surface area contributed by atoms with Crippen LogP contribution >= 0.6 is 0 Å². The fourth-order valence-corrected chi connectivity index (χ4v) is 6.50. The highest BCUT2D eigenvalue weighted by Gasteiger charge is 2.39. The second-order valence-corrected chi connectivity index (χ2v) is 13.2. The first-order valence-corrected chi connectivity index (χ1v) is 18.3. The topological polar surface area (TPSA) is 115 Å². The molecule has 0 rings (SSSR count). The van der Waals surface area contributed by atoms with Crippen molar-refractivity contribution in [2.24, 2.45) is 17.8 Å². The van der Waals surface area contributed by atoms with Crippen LogP contribution in [-0.2, 0) is 14.4 Å². The largest absolute Gasteiger partial charge is 0.550 e. The van der Waals surface area contributed by atoms with E-state index in [4.69, 9.17) is 0 Å². The molecule has 0 fully saturated rings. The molecule has 0 aromatic rings. The maximum atomic E-state index is 12.0. The molecule has 0 amide bonds. The molecule has 3 unspecified atom stereocenters. The van der Waals surface area contributed by atoms with Crippen LogP contribution in [0.1, 0.15) is 163 Å². The van der Waals surface area contributed by atoms with E-state index in [9.17, 15) is 29.7 Å². The van der Waals surface area contributed by atoms with E-state index in [0.29, 0.717) is 25.8 Å². The lowest BCUT2D eigenvalue weighted by Gasteiger charge is -2.44. The summed E-state index contributed by atoms with van der Waals surface area (Å²) in [6, 6.07) is 0. The molecule has 0 aliphatic rings. The predicted octanol–water partition coefficient (Wildman–Crippen LogP) is 8.40. The van der Waals surface area contributed by atoms with Crippen LogP contribution in [0.2, 0.25) is 0 Å². The molecule has 0 bridgehead atoms. The van der Waals surface area contributed by atoms with Gasteiger partial charge in [-0.15, -0.1) is 0 Å². The highest BCUT2D eigenvalue weighted by Crippen LogP contribution is 2.25. The summed E-state index contributed by atoms with van der Waals surface area (Å²) in [7, 11) is 0. The lowest BCUT2D eigenvalue weighted by atomic mass is 9.95. The zero-order chi connectivity index (χ0) is 33.1. The summed E-state index contributed by atoms with van der Waals surface area (Å²) in [6.07, 6.45) is 28.3. The summed E-state index contributed by atoms with van der Waals surface area (Å²) < 4.78 is 0.221. The normalized spacial score (nSPS) is 15.2. The van der Waals surface area contributed by atoms with Gasteiger partial charge < -0.3 is 24.6 Å². The molecule has 0 aliphatic heterocycles. The van der Waals surface area contributed by atoms with Crippen molar-refractivity contribution in [3.05, 3.63) is 12.2 Å². The van der Waals surface area contributed by atoms with Gasteiger partial charge in [0.25, 0.3) is 0 Å². The Bertz CT molecular complexity index is 707. The van der Waals surface area contributed by atoms with E-state index in [1.54, 1.807) is 6.92 Å². The highest BCUT2D eigenvalue weighted by molar-refractivity contribution is 5.70. The number of nitrogens with zero attached hydrogens (tertiary/aromatic N) is 1. The van der Waals surface area contributed by atoms with Gasteiger partial charge in [-0.05, 0) is 51.4 Å². The quantitative estimate of drug-likeness (QED) is 0.0442.